The number of anilines is 1. The van der Waals surface area contributed by atoms with Gasteiger partial charge in [0, 0.05) is 0 Å². The van der Waals surface area contributed by atoms with Gasteiger partial charge in [-0.15, -0.1) is 0 Å². The van der Waals surface area contributed by atoms with Crippen molar-refractivity contribution >= 4 is 11.3 Å². The van der Waals surface area contributed by atoms with Crippen molar-refractivity contribution in [1.29, 1.82) is 0 Å². The molecule has 8 heteroatoms. The fraction of sp³-hybridized carbons (Fsp3) is 0.280. The van der Waals surface area contributed by atoms with Crippen molar-refractivity contribution in [1.82, 2.24) is 14.6 Å². The second kappa shape index (κ2) is 9.66. The van der Waals surface area contributed by atoms with E-state index in [9.17, 15) is 0 Å². The maximum atomic E-state index is 15.8. The van der Waals surface area contributed by atoms with E-state index >= 15 is 4.39 Å². The summed E-state index contributed by atoms with van der Waals surface area (Å²) in [6.45, 7) is 0.887. The van der Waals surface area contributed by atoms with Gasteiger partial charge in [-0.05, 0) is 23.3 Å². The summed E-state index contributed by atoms with van der Waals surface area (Å²) < 4.78 is 35.4. The highest BCUT2D eigenvalue weighted by atomic mass is 19.1. The van der Waals surface area contributed by atoms with Crippen LogP contribution in [0.2, 0.25) is 0 Å². The molecule has 1 aliphatic heterocycles. The van der Waals surface area contributed by atoms with Crippen molar-refractivity contribution in [2.24, 2.45) is 0 Å². The number of alkyl halides is 1. The molecule has 170 valence electrons. The number of nitrogens with zero attached hydrogens (tertiary/aromatic N) is 3. The number of halogens is 1. The summed E-state index contributed by atoms with van der Waals surface area (Å²) in [6.07, 6.45) is -2.31. The van der Waals surface area contributed by atoms with E-state index in [1.165, 1.54) is 6.33 Å². The van der Waals surface area contributed by atoms with Crippen LogP contribution in [-0.4, -0.2) is 39.6 Å². The molecular weight excluding hydrogens is 423 g/mol. The molecule has 2 aromatic carbocycles. The summed E-state index contributed by atoms with van der Waals surface area (Å²) in [5.74, 6) is 0.323. The summed E-state index contributed by atoms with van der Waals surface area (Å²) in [5.41, 5.74) is 9.11. The second-order valence-corrected chi connectivity index (χ2v) is 8.00. The number of benzene rings is 2. The van der Waals surface area contributed by atoms with E-state index in [1.807, 2.05) is 60.7 Å². The molecule has 1 saturated heterocycles. The Bertz CT molecular complexity index is 1190. The number of hydrogen-bond donors (Lipinski definition) is 1. The third-order valence-corrected chi connectivity index (χ3v) is 5.77. The number of fused-ring (bicyclic) bond motifs is 1. The summed E-state index contributed by atoms with van der Waals surface area (Å²) in [6, 6.07) is 23.0. The SMILES string of the molecule is Nc1ncnn2c(C3OC(COCc4ccccc4)C(OCc4ccccc4)C3F)ccc12. The van der Waals surface area contributed by atoms with E-state index in [4.69, 9.17) is 19.9 Å². The Morgan fingerprint density at radius 3 is 2.36 bits per heavy atom. The van der Waals surface area contributed by atoms with Gasteiger partial charge < -0.3 is 19.9 Å². The lowest BCUT2D eigenvalue weighted by Crippen LogP contribution is -2.34. The lowest BCUT2D eigenvalue weighted by molar-refractivity contribution is -0.0741. The smallest absolute Gasteiger partial charge is 0.160 e. The minimum Gasteiger partial charge on any atom is -0.382 e. The summed E-state index contributed by atoms with van der Waals surface area (Å²) in [4.78, 5) is 4.00. The van der Waals surface area contributed by atoms with Gasteiger partial charge in [0.25, 0.3) is 0 Å². The fourth-order valence-electron chi connectivity index (χ4n) is 4.11. The molecule has 0 bridgehead atoms. The zero-order chi connectivity index (χ0) is 22.6. The zero-order valence-corrected chi connectivity index (χ0v) is 18.0. The Balaban J connectivity index is 1.35. The molecule has 4 aromatic rings. The molecule has 0 saturated carbocycles. The van der Waals surface area contributed by atoms with E-state index < -0.39 is 24.5 Å². The molecule has 2 aromatic heterocycles. The van der Waals surface area contributed by atoms with Crippen LogP contribution in [-0.2, 0) is 27.4 Å². The first-order valence-corrected chi connectivity index (χ1v) is 10.9. The average Bonchev–Trinajstić information content (AvgIpc) is 3.41. The number of rotatable bonds is 8. The molecule has 0 amide bonds. The van der Waals surface area contributed by atoms with Gasteiger partial charge in [-0.25, -0.2) is 13.9 Å². The first-order chi connectivity index (χ1) is 16.2. The van der Waals surface area contributed by atoms with Crippen LogP contribution in [0, 0.1) is 0 Å². The summed E-state index contributed by atoms with van der Waals surface area (Å²) >= 11 is 0. The van der Waals surface area contributed by atoms with Gasteiger partial charge in [0.2, 0.25) is 0 Å². The number of nitrogens with two attached hydrogens (primary N) is 1. The molecule has 5 rings (SSSR count). The highest BCUT2D eigenvalue weighted by Crippen LogP contribution is 2.38. The Labute approximate surface area is 190 Å². The molecule has 4 unspecified atom stereocenters. The van der Waals surface area contributed by atoms with Crippen molar-refractivity contribution in [2.45, 2.75) is 37.7 Å². The van der Waals surface area contributed by atoms with Crippen LogP contribution in [0.1, 0.15) is 22.9 Å². The number of aromatic nitrogens is 3. The van der Waals surface area contributed by atoms with Crippen LogP contribution in [0.4, 0.5) is 10.2 Å². The van der Waals surface area contributed by atoms with Crippen molar-refractivity contribution in [2.75, 3.05) is 12.3 Å². The van der Waals surface area contributed by atoms with Crippen molar-refractivity contribution < 1.29 is 18.6 Å². The molecule has 2 N–H and O–H groups in total. The largest absolute Gasteiger partial charge is 0.382 e. The average molecular weight is 448 g/mol. The maximum Gasteiger partial charge on any atom is 0.160 e. The minimum absolute atomic E-state index is 0.200. The van der Waals surface area contributed by atoms with Gasteiger partial charge in [0.05, 0.1) is 25.5 Å². The molecular formula is C25H25FN4O3. The number of ether oxygens (including phenoxy) is 3. The van der Waals surface area contributed by atoms with Crippen LogP contribution in [0.5, 0.6) is 0 Å². The predicted octanol–water partition coefficient (Wildman–Crippen LogP) is 3.89. The minimum atomic E-state index is -1.41. The molecule has 4 atom stereocenters. The van der Waals surface area contributed by atoms with E-state index in [2.05, 4.69) is 10.1 Å². The quantitative estimate of drug-likeness (QED) is 0.440. The van der Waals surface area contributed by atoms with E-state index in [0.29, 0.717) is 23.6 Å². The van der Waals surface area contributed by atoms with Gasteiger partial charge in [-0.1, -0.05) is 60.7 Å². The molecule has 0 radical (unpaired) electrons. The Morgan fingerprint density at radius 2 is 1.64 bits per heavy atom. The third kappa shape index (κ3) is 4.59. The van der Waals surface area contributed by atoms with E-state index in [0.717, 1.165) is 11.1 Å². The predicted molar refractivity (Wildman–Crippen MR) is 121 cm³/mol. The van der Waals surface area contributed by atoms with Crippen molar-refractivity contribution in [3.05, 3.63) is 95.9 Å². The Hall–Kier alpha value is -3.33. The van der Waals surface area contributed by atoms with E-state index in [1.54, 1.807) is 16.6 Å². The van der Waals surface area contributed by atoms with Gasteiger partial charge in [-0.2, -0.15) is 5.10 Å². The zero-order valence-electron chi connectivity index (χ0n) is 18.0. The normalized spacial score (nSPS) is 22.7. The topological polar surface area (TPSA) is 83.9 Å². The molecule has 7 nitrogen and oxygen atoms in total. The van der Waals surface area contributed by atoms with Crippen LogP contribution < -0.4 is 5.73 Å². The standard InChI is InChI=1S/C25H25FN4O3/c26-22-23(19-11-12-20-25(27)28-16-29-30(19)20)33-21(15-31-13-17-7-3-1-4-8-17)24(22)32-14-18-9-5-2-6-10-18/h1-12,16,21-24H,13-15H2,(H2,27,28,29). The summed E-state index contributed by atoms with van der Waals surface area (Å²) in [7, 11) is 0. The van der Waals surface area contributed by atoms with Crippen molar-refractivity contribution in [3.8, 4) is 0 Å². The second-order valence-electron chi connectivity index (χ2n) is 8.00. The maximum absolute atomic E-state index is 15.8. The Morgan fingerprint density at radius 1 is 0.939 bits per heavy atom. The number of nitrogen functional groups attached to an aromatic ring is 1. The first-order valence-electron chi connectivity index (χ1n) is 10.9. The van der Waals surface area contributed by atoms with Gasteiger partial charge in [0.1, 0.15) is 30.2 Å². The summed E-state index contributed by atoms with van der Waals surface area (Å²) in [5, 5.41) is 4.23. The van der Waals surface area contributed by atoms with Crippen LogP contribution >= 0.6 is 0 Å². The molecule has 0 spiro atoms. The van der Waals surface area contributed by atoms with Gasteiger partial charge in [0.15, 0.2) is 12.0 Å². The van der Waals surface area contributed by atoms with Crippen LogP contribution in [0.15, 0.2) is 79.1 Å². The lowest BCUT2D eigenvalue weighted by Gasteiger charge is -2.20. The lowest BCUT2D eigenvalue weighted by atomic mass is 10.1. The fourth-order valence-corrected chi connectivity index (χ4v) is 4.11. The number of hydrogen-bond acceptors (Lipinski definition) is 6. The monoisotopic (exact) mass is 448 g/mol. The van der Waals surface area contributed by atoms with Crippen LogP contribution in [0.25, 0.3) is 5.52 Å². The first kappa shape index (κ1) is 21.5. The molecule has 0 aliphatic carbocycles. The van der Waals surface area contributed by atoms with Crippen molar-refractivity contribution in [3.63, 3.8) is 0 Å². The third-order valence-electron chi connectivity index (χ3n) is 5.77. The highest BCUT2D eigenvalue weighted by Gasteiger charge is 2.47. The Kier molecular flexibility index (Phi) is 6.30. The van der Waals surface area contributed by atoms with E-state index in [-0.39, 0.29) is 13.2 Å². The van der Waals surface area contributed by atoms with Gasteiger partial charge >= 0.3 is 0 Å². The van der Waals surface area contributed by atoms with Crippen LogP contribution in [0.3, 0.4) is 0 Å². The molecule has 33 heavy (non-hydrogen) atoms. The van der Waals surface area contributed by atoms with Gasteiger partial charge in [-0.3, -0.25) is 0 Å². The highest BCUT2D eigenvalue weighted by molar-refractivity contribution is 5.65. The molecule has 1 fully saturated rings. The molecule has 3 heterocycles. The molecule has 1 aliphatic rings.